The van der Waals surface area contributed by atoms with Crippen molar-refractivity contribution in [3.8, 4) is 5.75 Å². The number of alkyl halides is 6. The number of benzene rings is 1. The van der Waals surface area contributed by atoms with Gasteiger partial charge in [-0.25, -0.2) is 19.6 Å². The van der Waals surface area contributed by atoms with Crippen molar-refractivity contribution >= 4 is 85.1 Å². The second-order valence-corrected chi connectivity index (χ2v) is 19.6. The molecule has 5 aromatic rings. The summed E-state index contributed by atoms with van der Waals surface area (Å²) in [4.78, 5) is 51.9. The maximum atomic E-state index is 13.4. The molecule has 0 spiro atoms. The van der Waals surface area contributed by atoms with Crippen LogP contribution in [0, 0.1) is 23.7 Å². The van der Waals surface area contributed by atoms with Crippen LogP contribution in [0.5, 0.6) is 5.75 Å². The summed E-state index contributed by atoms with van der Waals surface area (Å²) in [5, 5.41) is 8.97. The van der Waals surface area contributed by atoms with E-state index < -0.39 is 30.3 Å². The summed E-state index contributed by atoms with van der Waals surface area (Å²) in [6.45, 7) is 8.99. The number of para-hydroxylation sites is 1. The number of ether oxygens (including phenoxy) is 1. The standard InChI is InChI=1S/C23H27F3N6O.C17H23F3N4.C12H10N2O2.2H2S/c1-15-8-11-30-14-19(15)32(22(33)28-17-5-2-9-27-12-17)21-18(30)6-7-20(29-21)31-10-3-4-16(13-31)23(24,25)26;1-11-6-8-23-10-13(11)21-16-14(23)4-5-15(22-16)24-7-2-3-12(9-24)17(18,19)20;15-12(14-10-5-4-8-13-9-10)16-11-6-2-1-3-7-11;;/h2,5-7,9,12,15-16,19H,3-4,8,10-11,13-14H2,1H3,(H,28,33);4-5,11-13H,2-3,6-10H2,1H3,(H,21,22);1-9H,(H,14,15);2*1H2/t15?,16?,19-;11?,12?,13-;;;/m11.../s1. The first-order chi connectivity index (χ1) is 35.1. The Hall–Kier alpha value is -6.36. The lowest BCUT2D eigenvalue weighted by Gasteiger charge is -2.49. The summed E-state index contributed by atoms with van der Waals surface area (Å²) in [5.74, 6) is 1.21. The Kier molecular flexibility index (Phi) is 18.4. The molecular weight excluding hydrogens is 1020 g/mol. The smallest absolute Gasteiger partial charge is 0.410 e. The number of hydrogen-bond acceptors (Lipinski definition) is 12. The van der Waals surface area contributed by atoms with Gasteiger partial charge in [-0.2, -0.15) is 53.3 Å². The molecule has 404 valence electrons. The number of urea groups is 1. The molecule has 23 heteroatoms. The first-order valence-electron chi connectivity index (χ1n) is 24.9. The molecule has 75 heavy (non-hydrogen) atoms. The monoisotopic (exact) mass is 1080 g/mol. The van der Waals surface area contributed by atoms with Crippen LogP contribution in [0.4, 0.5) is 82.0 Å². The van der Waals surface area contributed by atoms with Gasteiger partial charge in [0.2, 0.25) is 0 Å². The zero-order chi connectivity index (χ0) is 51.3. The van der Waals surface area contributed by atoms with Gasteiger partial charge in [0.1, 0.15) is 17.4 Å². The number of nitrogens with one attached hydrogen (secondary N) is 3. The molecule has 3 N–H and O–H groups in total. The van der Waals surface area contributed by atoms with E-state index in [2.05, 4.69) is 54.5 Å². The zero-order valence-electron chi connectivity index (χ0n) is 41.7. The van der Waals surface area contributed by atoms with Gasteiger partial charge in [0.15, 0.2) is 11.6 Å². The van der Waals surface area contributed by atoms with Crippen molar-refractivity contribution < 1.29 is 40.7 Å². The molecule has 0 aliphatic carbocycles. The highest BCUT2D eigenvalue weighted by atomic mass is 32.1. The first kappa shape index (κ1) is 56.4. The van der Waals surface area contributed by atoms with Gasteiger partial charge >= 0.3 is 24.5 Å². The Labute approximate surface area is 446 Å². The van der Waals surface area contributed by atoms with Gasteiger partial charge in [-0.05, 0) is 111 Å². The Bertz CT molecular complexity index is 2620. The lowest BCUT2D eigenvalue weighted by Crippen LogP contribution is -2.59. The van der Waals surface area contributed by atoms with Crippen LogP contribution in [0.15, 0.2) is 104 Å². The Morgan fingerprint density at radius 2 is 1.17 bits per heavy atom. The van der Waals surface area contributed by atoms with Gasteiger partial charge in [0.25, 0.3) is 0 Å². The van der Waals surface area contributed by atoms with E-state index in [-0.39, 0.29) is 70.9 Å². The van der Waals surface area contributed by atoms with E-state index in [4.69, 9.17) is 9.72 Å². The SMILES string of the molecule is CC1CCN2C[C@H]1N(C(=O)Nc1cccnc1)c1nc(N3CCCC(C(F)(F)F)C3)ccc12.CC1CCN2C[C@H]1Nc1nc(N3CCCC(C(F)(F)F)C3)ccc12.O=C(Nc1cccnc1)Oc1ccccc1.S.S. The molecule has 4 saturated heterocycles. The maximum Gasteiger partial charge on any atom is 0.417 e. The van der Waals surface area contributed by atoms with Crippen molar-refractivity contribution in [1.82, 2.24) is 19.9 Å². The topological polar surface area (TPSA) is 147 Å². The molecule has 11 rings (SSSR count). The van der Waals surface area contributed by atoms with Gasteiger partial charge in [-0.15, -0.1) is 0 Å². The number of halogens is 6. The molecule has 4 fully saturated rings. The number of piperidine rings is 4. The molecular formula is C52H64F6N12O3S2. The van der Waals surface area contributed by atoms with Crippen LogP contribution in [0.25, 0.3) is 0 Å². The number of carbonyl (C=O) groups is 2. The van der Waals surface area contributed by atoms with Gasteiger partial charge in [-0.3, -0.25) is 20.2 Å². The number of carbonyl (C=O) groups excluding carboxylic acids is 2. The second kappa shape index (κ2) is 24.5. The Balaban J connectivity index is 0.000000172. The van der Waals surface area contributed by atoms with Crippen molar-refractivity contribution in [2.24, 2.45) is 23.7 Å². The third-order valence-electron chi connectivity index (χ3n) is 14.5. The normalized spacial score (nSPS) is 22.6. The fraction of sp³-hybridized carbons (Fsp3) is 0.462. The number of amides is 3. The van der Waals surface area contributed by atoms with Crippen molar-refractivity contribution in [3.05, 3.63) is 104 Å². The van der Waals surface area contributed by atoms with Crippen molar-refractivity contribution in [2.45, 2.75) is 76.8 Å². The number of fused-ring (bicyclic) bond motifs is 8. The van der Waals surface area contributed by atoms with Crippen LogP contribution in [-0.4, -0.2) is 109 Å². The molecule has 15 nitrogen and oxygen atoms in total. The summed E-state index contributed by atoms with van der Waals surface area (Å²) in [6, 6.07) is 23.4. The van der Waals surface area contributed by atoms with E-state index in [1.165, 1.54) is 0 Å². The zero-order valence-corrected chi connectivity index (χ0v) is 43.7. The van der Waals surface area contributed by atoms with Crippen LogP contribution in [0.2, 0.25) is 0 Å². The molecule has 1 aromatic carbocycles. The quantitative estimate of drug-likeness (QED) is 0.144. The molecule has 0 saturated carbocycles. The van der Waals surface area contributed by atoms with Gasteiger partial charge in [-0.1, -0.05) is 32.0 Å². The molecule has 4 unspecified atom stereocenters. The highest BCUT2D eigenvalue weighted by Crippen LogP contribution is 2.43. The number of pyridine rings is 4. The predicted octanol–water partition coefficient (Wildman–Crippen LogP) is 10.9. The average Bonchev–Trinajstić information content (AvgIpc) is 3.39. The minimum atomic E-state index is -4.22. The lowest BCUT2D eigenvalue weighted by atomic mass is 9.89. The Morgan fingerprint density at radius 3 is 1.76 bits per heavy atom. The molecule has 6 atom stereocenters. The molecule has 3 amide bonds. The fourth-order valence-electron chi connectivity index (χ4n) is 10.4. The van der Waals surface area contributed by atoms with E-state index >= 15 is 0 Å². The van der Waals surface area contributed by atoms with Gasteiger partial charge < -0.3 is 35.0 Å². The van der Waals surface area contributed by atoms with Crippen LogP contribution in [-0.2, 0) is 0 Å². The fourth-order valence-corrected chi connectivity index (χ4v) is 10.4. The molecule has 0 radical (unpaired) electrons. The van der Waals surface area contributed by atoms with Crippen LogP contribution < -0.4 is 45.2 Å². The first-order valence-corrected chi connectivity index (χ1v) is 24.9. The van der Waals surface area contributed by atoms with Crippen molar-refractivity contribution in [3.63, 3.8) is 0 Å². The van der Waals surface area contributed by atoms with Gasteiger partial charge in [0.05, 0.1) is 53.0 Å². The average molecular weight is 1080 g/mol. The molecule has 6 aliphatic heterocycles. The van der Waals surface area contributed by atoms with Crippen LogP contribution in [0.3, 0.4) is 0 Å². The summed E-state index contributed by atoms with van der Waals surface area (Å²) in [5.41, 5.74) is 3.09. The van der Waals surface area contributed by atoms with E-state index in [0.717, 1.165) is 49.7 Å². The largest absolute Gasteiger partial charge is 0.417 e. The lowest BCUT2D eigenvalue weighted by molar-refractivity contribution is -0.176. The summed E-state index contributed by atoms with van der Waals surface area (Å²) >= 11 is 0. The minimum Gasteiger partial charge on any atom is -0.410 e. The van der Waals surface area contributed by atoms with E-state index in [9.17, 15) is 35.9 Å². The van der Waals surface area contributed by atoms with Crippen LogP contribution in [0.1, 0.15) is 52.4 Å². The number of aromatic nitrogens is 4. The summed E-state index contributed by atoms with van der Waals surface area (Å²) in [6.07, 6.45) is 0.988. The van der Waals surface area contributed by atoms with Crippen molar-refractivity contribution in [2.75, 3.05) is 92.8 Å². The predicted molar refractivity (Wildman–Crippen MR) is 290 cm³/mol. The number of rotatable bonds is 5. The number of nitrogens with zero attached hydrogens (tertiary/aromatic N) is 9. The summed E-state index contributed by atoms with van der Waals surface area (Å²) in [7, 11) is 0. The third-order valence-corrected chi connectivity index (χ3v) is 14.5. The molecule has 4 bridgehead atoms. The van der Waals surface area contributed by atoms with E-state index in [0.29, 0.717) is 79.0 Å². The summed E-state index contributed by atoms with van der Waals surface area (Å²) < 4.78 is 84.2. The number of hydrogen-bond donors (Lipinski definition) is 3. The highest BCUT2D eigenvalue weighted by molar-refractivity contribution is 7.59. The second-order valence-electron chi connectivity index (χ2n) is 19.6. The maximum absolute atomic E-state index is 13.4. The van der Waals surface area contributed by atoms with Crippen molar-refractivity contribution in [1.29, 1.82) is 0 Å². The Morgan fingerprint density at radius 1 is 0.613 bits per heavy atom. The molecule has 10 heterocycles. The van der Waals surface area contributed by atoms with E-state index in [1.54, 1.807) is 94.1 Å². The van der Waals surface area contributed by atoms with Gasteiger partial charge in [0, 0.05) is 70.8 Å². The number of anilines is 8. The molecule has 4 aromatic heterocycles. The molecule has 6 aliphatic rings. The van der Waals surface area contributed by atoms with Crippen LogP contribution >= 0.6 is 27.0 Å². The van der Waals surface area contributed by atoms with E-state index in [1.807, 2.05) is 24.3 Å². The minimum absolute atomic E-state index is 0. The highest BCUT2D eigenvalue weighted by Gasteiger charge is 2.45. The third kappa shape index (κ3) is 13.7.